The number of carbonyl (C=O) groups is 2. The van der Waals surface area contributed by atoms with Crippen molar-refractivity contribution in [3.63, 3.8) is 0 Å². The first kappa shape index (κ1) is 24.0. The molecule has 3 heterocycles. The molecular formula is C27H29FN4O4. The van der Waals surface area contributed by atoms with Gasteiger partial charge in [-0.25, -0.2) is 9.37 Å². The van der Waals surface area contributed by atoms with Crippen molar-refractivity contribution in [2.75, 3.05) is 20.2 Å². The van der Waals surface area contributed by atoms with Gasteiger partial charge in [-0.1, -0.05) is 24.3 Å². The molecule has 0 spiro atoms. The zero-order valence-corrected chi connectivity index (χ0v) is 20.2. The molecule has 0 saturated carbocycles. The Balaban J connectivity index is 1.15. The predicted molar refractivity (Wildman–Crippen MR) is 130 cm³/mol. The second-order valence-corrected chi connectivity index (χ2v) is 9.18. The van der Waals surface area contributed by atoms with Gasteiger partial charge in [-0.15, -0.1) is 0 Å². The molecule has 3 aromatic rings. The van der Waals surface area contributed by atoms with Crippen molar-refractivity contribution in [3.05, 3.63) is 83.2 Å². The zero-order chi connectivity index (χ0) is 25.1. The first-order valence-electron chi connectivity index (χ1n) is 12.1. The number of carbonyl (C=O) groups excluding carboxylic acids is 2. The summed E-state index contributed by atoms with van der Waals surface area (Å²) in [6.07, 6.45) is 2.73. The maximum atomic E-state index is 13.3. The summed E-state index contributed by atoms with van der Waals surface area (Å²) in [7, 11) is 1.63. The van der Waals surface area contributed by atoms with E-state index in [1.54, 1.807) is 30.5 Å². The van der Waals surface area contributed by atoms with Gasteiger partial charge < -0.3 is 24.3 Å². The number of halogens is 1. The van der Waals surface area contributed by atoms with Crippen LogP contribution in [0.15, 0.2) is 54.9 Å². The fraction of sp³-hybridized carbons (Fsp3) is 0.370. The van der Waals surface area contributed by atoms with E-state index >= 15 is 0 Å². The largest absolute Gasteiger partial charge is 0.497 e. The van der Waals surface area contributed by atoms with Gasteiger partial charge in [0.2, 0.25) is 5.91 Å². The van der Waals surface area contributed by atoms with Crippen molar-refractivity contribution >= 4 is 11.8 Å². The Bertz CT molecular complexity index is 1230. The van der Waals surface area contributed by atoms with Crippen LogP contribution in [0.4, 0.5) is 4.39 Å². The lowest BCUT2D eigenvalue weighted by Gasteiger charge is -2.31. The van der Waals surface area contributed by atoms with Crippen LogP contribution in [0.25, 0.3) is 0 Å². The topological polar surface area (TPSA) is 85.7 Å². The number of hydrogen-bond acceptors (Lipinski definition) is 5. The van der Waals surface area contributed by atoms with Gasteiger partial charge in [0.25, 0.3) is 5.91 Å². The molecule has 36 heavy (non-hydrogen) atoms. The molecule has 0 radical (unpaired) electrons. The van der Waals surface area contributed by atoms with Crippen molar-refractivity contribution < 1.29 is 23.5 Å². The van der Waals surface area contributed by atoms with E-state index in [1.807, 2.05) is 28.8 Å². The molecular weight excluding hydrogens is 463 g/mol. The Hall–Kier alpha value is -3.72. The molecule has 1 atom stereocenters. The van der Waals surface area contributed by atoms with Crippen molar-refractivity contribution in [1.82, 2.24) is 19.8 Å². The Kier molecular flexibility index (Phi) is 6.99. The first-order chi connectivity index (χ1) is 17.5. The number of rotatable bonds is 6. The second-order valence-electron chi connectivity index (χ2n) is 9.18. The fourth-order valence-electron chi connectivity index (χ4n) is 4.80. The summed E-state index contributed by atoms with van der Waals surface area (Å²) < 4.78 is 26.6. The number of aromatic nitrogens is 2. The highest BCUT2D eigenvalue weighted by Crippen LogP contribution is 2.30. The third-order valence-electron chi connectivity index (χ3n) is 6.93. The van der Waals surface area contributed by atoms with Crippen LogP contribution in [0.3, 0.4) is 0 Å². The third kappa shape index (κ3) is 5.11. The van der Waals surface area contributed by atoms with Gasteiger partial charge in [0.1, 0.15) is 17.7 Å². The van der Waals surface area contributed by atoms with Crippen LogP contribution in [0, 0.1) is 11.7 Å². The standard InChI is InChI=1S/C27H29FN4O4/c1-35-22-7-5-19(6-8-22)24-15-32-17-30-25(23(32)16-36-24)27(34)31-11-9-20(10-12-31)26(33)29-14-18-3-2-4-21(28)13-18/h2-8,13,17,20,24H,9-12,14-16H2,1H3,(H,29,33)/t24-/m1/s1. The molecule has 1 N–H and O–H groups in total. The SMILES string of the molecule is COc1ccc([C@H]2Cn3cnc(C(=O)N4CCC(C(=O)NCc5cccc(F)c5)CC4)c3CO2)cc1. The number of methoxy groups -OCH3 is 1. The van der Waals surface area contributed by atoms with E-state index in [0.29, 0.717) is 44.8 Å². The van der Waals surface area contributed by atoms with Crippen LogP contribution in [0.5, 0.6) is 5.75 Å². The molecule has 2 aromatic carbocycles. The molecule has 2 aliphatic rings. The van der Waals surface area contributed by atoms with Crippen LogP contribution in [-0.2, 0) is 29.2 Å². The van der Waals surface area contributed by atoms with E-state index in [4.69, 9.17) is 9.47 Å². The number of piperidine rings is 1. The van der Waals surface area contributed by atoms with E-state index in [9.17, 15) is 14.0 Å². The van der Waals surface area contributed by atoms with Gasteiger partial charge in [0, 0.05) is 25.6 Å². The third-order valence-corrected chi connectivity index (χ3v) is 6.93. The van der Waals surface area contributed by atoms with Crippen LogP contribution in [0.1, 0.15) is 46.3 Å². The van der Waals surface area contributed by atoms with Gasteiger partial charge in [-0.05, 0) is 48.2 Å². The number of hydrogen-bond donors (Lipinski definition) is 1. The summed E-state index contributed by atoms with van der Waals surface area (Å²) in [4.78, 5) is 32.0. The Morgan fingerprint density at radius 2 is 1.94 bits per heavy atom. The van der Waals surface area contributed by atoms with Gasteiger partial charge in [-0.2, -0.15) is 0 Å². The first-order valence-corrected chi connectivity index (χ1v) is 12.1. The number of nitrogens with one attached hydrogen (secondary N) is 1. The highest BCUT2D eigenvalue weighted by atomic mass is 19.1. The molecule has 1 fully saturated rings. The normalized spacial score (nSPS) is 17.9. The second kappa shape index (κ2) is 10.5. The average molecular weight is 493 g/mol. The smallest absolute Gasteiger partial charge is 0.274 e. The molecule has 2 aliphatic heterocycles. The molecule has 0 unspecified atom stereocenters. The number of likely N-dealkylation sites (tertiary alicyclic amines) is 1. The van der Waals surface area contributed by atoms with Gasteiger partial charge in [0.05, 0.1) is 32.3 Å². The molecule has 1 aromatic heterocycles. The lowest BCUT2D eigenvalue weighted by molar-refractivity contribution is -0.126. The number of nitrogens with zero attached hydrogens (tertiary/aromatic N) is 3. The van der Waals surface area contributed by atoms with E-state index < -0.39 is 0 Å². The number of imidazole rings is 1. The van der Waals surface area contributed by atoms with Crippen molar-refractivity contribution in [3.8, 4) is 5.75 Å². The fourth-order valence-corrected chi connectivity index (χ4v) is 4.80. The zero-order valence-electron chi connectivity index (χ0n) is 20.2. The van der Waals surface area contributed by atoms with E-state index in [-0.39, 0.29) is 36.2 Å². The molecule has 2 amide bonds. The summed E-state index contributed by atoms with van der Waals surface area (Å²) in [6, 6.07) is 14.0. The van der Waals surface area contributed by atoms with Crippen LogP contribution in [0.2, 0.25) is 0 Å². The molecule has 1 saturated heterocycles. The minimum absolute atomic E-state index is 0.0660. The van der Waals surface area contributed by atoms with Crippen molar-refractivity contribution in [2.24, 2.45) is 5.92 Å². The summed E-state index contributed by atoms with van der Waals surface area (Å²) in [5.41, 5.74) is 2.95. The summed E-state index contributed by atoms with van der Waals surface area (Å²) >= 11 is 0. The number of amides is 2. The molecule has 8 nitrogen and oxygen atoms in total. The number of benzene rings is 2. The summed E-state index contributed by atoms with van der Waals surface area (Å²) in [5.74, 6) is 0.0972. The minimum Gasteiger partial charge on any atom is -0.497 e. The predicted octanol–water partition coefficient (Wildman–Crippen LogP) is 3.47. The number of fused-ring (bicyclic) bond motifs is 1. The number of ether oxygens (including phenoxy) is 2. The molecule has 0 bridgehead atoms. The Labute approximate surface area is 209 Å². The summed E-state index contributed by atoms with van der Waals surface area (Å²) in [6.45, 7) is 2.14. The van der Waals surface area contributed by atoms with Gasteiger partial charge in [0.15, 0.2) is 5.69 Å². The van der Waals surface area contributed by atoms with Gasteiger partial charge >= 0.3 is 0 Å². The molecule has 0 aliphatic carbocycles. The average Bonchev–Trinajstić information content (AvgIpc) is 3.35. The minimum atomic E-state index is -0.323. The lowest BCUT2D eigenvalue weighted by Crippen LogP contribution is -2.43. The maximum absolute atomic E-state index is 13.3. The van der Waals surface area contributed by atoms with E-state index in [0.717, 1.165) is 22.6 Å². The Morgan fingerprint density at radius 1 is 1.17 bits per heavy atom. The summed E-state index contributed by atoms with van der Waals surface area (Å²) in [5, 5.41) is 2.88. The monoisotopic (exact) mass is 492 g/mol. The highest BCUT2D eigenvalue weighted by Gasteiger charge is 2.32. The van der Waals surface area contributed by atoms with Gasteiger partial charge in [-0.3, -0.25) is 9.59 Å². The molecule has 5 rings (SSSR count). The van der Waals surface area contributed by atoms with Crippen LogP contribution in [-0.4, -0.2) is 46.5 Å². The van der Waals surface area contributed by atoms with E-state index in [1.165, 1.54) is 12.1 Å². The highest BCUT2D eigenvalue weighted by molar-refractivity contribution is 5.93. The lowest BCUT2D eigenvalue weighted by atomic mass is 9.95. The van der Waals surface area contributed by atoms with Crippen molar-refractivity contribution in [2.45, 2.75) is 38.6 Å². The quantitative estimate of drug-likeness (QED) is 0.570. The van der Waals surface area contributed by atoms with E-state index in [2.05, 4.69) is 10.3 Å². The Morgan fingerprint density at radius 3 is 2.67 bits per heavy atom. The maximum Gasteiger partial charge on any atom is 0.274 e. The van der Waals surface area contributed by atoms with Crippen LogP contribution < -0.4 is 10.1 Å². The molecule has 9 heteroatoms. The van der Waals surface area contributed by atoms with Crippen molar-refractivity contribution in [1.29, 1.82) is 0 Å². The molecule has 188 valence electrons. The van der Waals surface area contributed by atoms with Crippen LogP contribution >= 0.6 is 0 Å².